The molecule has 0 spiro atoms. The molecule has 20 heavy (non-hydrogen) atoms. The molecule has 0 aromatic carbocycles. The van der Waals surface area contributed by atoms with Gasteiger partial charge in [-0.3, -0.25) is 4.98 Å². The van der Waals surface area contributed by atoms with Crippen LogP contribution in [-0.2, 0) is 23.6 Å². The second-order valence-corrected chi connectivity index (χ2v) is 6.76. The number of aromatic nitrogens is 3. The molecule has 2 heterocycles. The van der Waals surface area contributed by atoms with E-state index in [1.807, 2.05) is 19.1 Å². The van der Waals surface area contributed by atoms with Crippen LogP contribution in [0.3, 0.4) is 0 Å². The summed E-state index contributed by atoms with van der Waals surface area (Å²) in [5, 5.41) is 0.0635. The molecule has 0 N–H and O–H groups in total. The van der Waals surface area contributed by atoms with Crippen molar-refractivity contribution in [1.82, 2.24) is 18.8 Å². The highest BCUT2D eigenvalue weighted by Crippen LogP contribution is 2.16. The lowest BCUT2D eigenvalue weighted by Gasteiger charge is -2.16. The van der Waals surface area contributed by atoms with Crippen LogP contribution in [0.1, 0.15) is 17.1 Å². The van der Waals surface area contributed by atoms with Gasteiger partial charge in [-0.1, -0.05) is 6.07 Å². The molecule has 0 unspecified atom stereocenters. The van der Waals surface area contributed by atoms with E-state index >= 15 is 0 Å². The van der Waals surface area contributed by atoms with Crippen LogP contribution in [-0.4, -0.2) is 34.3 Å². The fourth-order valence-corrected chi connectivity index (χ4v) is 2.94. The van der Waals surface area contributed by atoms with Crippen molar-refractivity contribution in [3.63, 3.8) is 0 Å². The Labute approximate surface area is 119 Å². The molecule has 0 aliphatic heterocycles. The summed E-state index contributed by atoms with van der Waals surface area (Å²) >= 11 is 0. The van der Waals surface area contributed by atoms with Gasteiger partial charge in [0.2, 0.25) is 0 Å². The monoisotopic (exact) mass is 294 g/mol. The van der Waals surface area contributed by atoms with Gasteiger partial charge in [0.1, 0.15) is 5.82 Å². The number of sulfonamides is 1. The van der Waals surface area contributed by atoms with Crippen molar-refractivity contribution in [2.45, 2.75) is 25.4 Å². The maximum atomic E-state index is 12.4. The van der Waals surface area contributed by atoms with Gasteiger partial charge >= 0.3 is 0 Å². The van der Waals surface area contributed by atoms with Crippen molar-refractivity contribution >= 4 is 10.0 Å². The number of hydrogen-bond acceptors (Lipinski definition) is 4. The van der Waals surface area contributed by atoms with Crippen LogP contribution in [0.4, 0.5) is 0 Å². The van der Waals surface area contributed by atoms with Gasteiger partial charge in [-0.05, 0) is 25.5 Å². The van der Waals surface area contributed by atoms with Gasteiger partial charge in [-0.25, -0.2) is 13.4 Å². The predicted molar refractivity (Wildman–Crippen MR) is 75.6 cm³/mol. The highest BCUT2D eigenvalue weighted by atomic mass is 32.2. The highest BCUT2D eigenvalue weighted by molar-refractivity contribution is 7.89. The van der Waals surface area contributed by atoms with E-state index in [4.69, 9.17) is 0 Å². The smallest absolute Gasteiger partial charge is 0.262 e. The molecule has 0 bridgehead atoms. The Bertz CT molecular complexity index is 702. The second-order valence-electron chi connectivity index (χ2n) is 4.77. The highest BCUT2D eigenvalue weighted by Gasteiger charge is 2.24. The molecule has 2 aromatic rings. The largest absolute Gasteiger partial charge is 0.337 e. The Kier molecular flexibility index (Phi) is 3.92. The molecule has 108 valence electrons. The summed E-state index contributed by atoms with van der Waals surface area (Å²) in [6.07, 6.45) is 3.18. The van der Waals surface area contributed by atoms with Crippen LogP contribution in [0.5, 0.6) is 0 Å². The maximum absolute atomic E-state index is 12.4. The van der Waals surface area contributed by atoms with Crippen LogP contribution in [0.2, 0.25) is 0 Å². The average Bonchev–Trinajstić information content (AvgIpc) is 2.73. The van der Waals surface area contributed by atoms with Gasteiger partial charge in [0.05, 0.1) is 12.2 Å². The zero-order valence-corrected chi connectivity index (χ0v) is 12.8. The molecule has 2 rings (SSSR count). The van der Waals surface area contributed by atoms with Gasteiger partial charge in [0.15, 0.2) is 5.03 Å². The van der Waals surface area contributed by atoms with E-state index in [1.165, 1.54) is 17.5 Å². The first kappa shape index (κ1) is 14.7. The molecule has 2 aromatic heterocycles. The third-order valence-electron chi connectivity index (χ3n) is 3.25. The number of pyridine rings is 1. The number of nitrogens with zero attached hydrogens (tertiary/aromatic N) is 4. The molecule has 0 aliphatic carbocycles. The van der Waals surface area contributed by atoms with Gasteiger partial charge in [-0.15, -0.1) is 0 Å². The number of imidazole rings is 1. The fraction of sp³-hybridized carbons (Fsp3) is 0.385. The number of hydrogen-bond donors (Lipinski definition) is 0. The zero-order chi connectivity index (χ0) is 14.9. The molecule has 7 heteroatoms. The van der Waals surface area contributed by atoms with Gasteiger partial charge < -0.3 is 4.57 Å². The van der Waals surface area contributed by atoms with Crippen molar-refractivity contribution in [3.8, 4) is 0 Å². The summed E-state index contributed by atoms with van der Waals surface area (Å²) in [5.74, 6) is 0.658. The van der Waals surface area contributed by atoms with E-state index in [0.29, 0.717) is 5.82 Å². The number of rotatable bonds is 4. The maximum Gasteiger partial charge on any atom is 0.262 e. The molecule has 0 atom stereocenters. The zero-order valence-electron chi connectivity index (χ0n) is 12.0. The third-order valence-corrected chi connectivity index (χ3v) is 4.93. The number of aryl methyl sites for hydroxylation is 3. The van der Waals surface area contributed by atoms with E-state index in [0.717, 1.165) is 11.3 Å². The normalized spacial score (nSPS) is 12.1. The van der Waals surface area contributed by atoms with E-state index in [2.05, 4.69) is 9.97 Å². The summed E-state index contributed by atoms with van der Waals surface area (Å²) in [4.78, 5) is 8.30. The van der Waals surface area contributed by atoms with Crippen LogP contribution in [0.25, 0.3) is 0 Å². The molecule has 0 fully saturated rings. The Morgan fingerprint density at radius 3 is 2.60 bits per heavy atom. The Morgan fingerprint density at radius 1 is 1.35 bits per heavy atom. The average molecular weight is 294 g/mol. The lowest BCUT2D eigenvalue weighted by molar-refractivity contribution is 0.458. The lowest BCUT2D eigenvalue weighted by atomic mass is 10.2. The Morgan fingerprint density at radius 2 is 2.05 bits per heavy atom. The quantitative estimate of drug-likeness (QED) is 0.851. The molecule has 0 saturated heterocycles. The molecule has 0 aliphatic rings. The lowest BCUT2D eigenvalue weighted by Crippen LogP contribution is -2.27. The predicted octanol–water partition coefficient (Wildman–Crippen LogP) is 1.25. The summed E-state index contributed by atoms with van der Waals surface area (Å²) < 4.78 is 27.8. The van der Waals surface area contributed by atoms with E-state index in [9.17, 15) is 8.42 Å². The first-order valence-corrected chi connectivity index (χ1v) is 7.63. The van der Waals surface area contributed by atoms with Crippen LogP contribution >= 0.6 is 0 Å². The summed E-state index contributed by atoms with van der Waals surface area (Å²) in [5.41, 5.74) is 1.71. The van der Waals surface area contributed by atoms with E-state index < -0.39 is 10.0 Å². The van der Waals surface area contributed by atoms with E-state index in [1.54, 1.807) is 24.7 Å². The molecule has 0 radical (unpaired) electrons. The summed E-state index contributed by atoms with van der Waals surface area (Å²) in [6, 6.07) is 3.74. The van der Waals surface area contributed by atoms with Crippen LogP contribution in [0, 0.1) is 13.8 Å². The van der Waals surface area contributed by atoms with Crippen molar-refractivity contribution < 1.29 is 8.42 Å². The SMILES string of the molecule is Cc1cccnc1CN(C)S(=O)(=O)c1cn(C)c(C)n1. The van der Waals surface area contributed by atoms with Crippen molar-refractivity contribution in [3.05, 3.63) is 41.6 Å². The van der Waals surface area contributed by atoms with Gasteiger partial charge in [0, 0.05) is 26.5 Å². The third kappa shape index (κ3) is 2.73. The topological polar surface area (TPSA) is 68.1 Å². The second kappa shape index (κ2) is 5.34. The van der Waals surface area contributed by atoms with Crippen molar-refractivity contribution in [2.24, 2.45) is 7.05 Å². The summed E-state index contributed by atoms with van der Waals surface area (Å²) in [7, 11) is -0.291. The van der Waals surface area contributed by atoms with Crippen molar-refractivity contribution in [2.75, 3.05) is 7.05 Å². The Hall–Kier alpha value is -1.73. The Balaban J connectivity index is 2.28. The van der Waals surface area contributed by atoms with Gasteiger partial charge in [-0.2, -0.15) is 4.31 Å². The van der Waals surface area contributed by atoms with Gasteiger partial charge in [0.25, 0.3) is 10.0 Å². The minimum absolute atomic E-state index is 0.0635. The van der Waals surface area contributed by atoms with E-state index in [-0.39, 0.29) is 11.6 Å². The van der Waals surface area contributed by atoms with Crippen LogP contribution in [0.15, 0.2) is 29.6 Å². The minimum Gasteiger partial charge on any atom is -0.337 e. The first-order chi connectivity index (χ1) is 9.32. The summed E-state index contributed by atoms with van der Waals surface area (Å²) in [6.45, 7) is 3.90. The molecular formula is C13H18N4O2S. The molecule has 0 amide bonds. The minimum atomic E-state index is -3.59. The molecule has 6 nitrogen and oxygen atoms in total. The molecular weight excluding hydrogens is 276 g/mol. The standard InChI is InChI=1S/C13H18N4O2S/c1-10-6-5-7-14-12(10)8-17(4)20(18,19)13-9-16(3)11(2)15-13/h5-7,9H,8H2,1-4H3. The molecule has 0 saturated carbocycles. The first-order valence-electron chi connectivity index (χ1n) is 6.19. The fourth-order valence-electron chi connectivity index (χ4n) is 1.79. The van der Waals surface area contributed by atoms with Crippen LogP contribution < -0.4 is 0 Å². The van der Waals surface area contributed by atoms with Crippen molar-refractivity contribution in [1.29, 1.82) is 0 Å².